The van der Waals surface area contributed by atoms with E-state index in [1.165, 1.54) is 44.8 Å². The van der Waals surface area contributed by atoms with Crippen LogP contribution in [0, 0.1) is 0 Å². The average molecular weight is 715 g/mol. The third kappa shape index (κ3) is 4.89. The molecule has 56 heavy (non-hydrogen) atoms. The Morgan fingerprint density at radius 3 is 1.29 bits per heavy atom. The van der Waals surface area contributed by atoms with Crippen LogP contribution in [-0.4, -0.2) is 15.0 Å². The van der Waals surface area contributed by atoms with Crippen molar-refractivity contribution in [1.82, 2.24) is 15.0 Å². The van der Waals surface area contributed by atoms with E-state index in [1.54, 1.807) is 0 Å². The van der Waals surface area contributed by atoms with Crippen molar-refractivity contribution in [2.75, 3.05) is 4.90 Å². The van der Waals surface area contributed by atoms with Gasteiger partial charge in [-0.15, -0.1) is 0 Å². The topological polar surface area (TPSA) is 41.9 Å². The Bertz CT molecular complexity index is 2800. The van der Waals surface area contributed by atoms with E-state index in [9.17, 15) is 0 Å². The largest absolute Gasteiger partial charge is 0.310 e. The van der Waals surface area contributed by atoms with Crippen LogP contribution in [-0.2, 0) is 5.41 Å². The standard InChI is InChI=1S/C52H34N4/c1-4-16-36(17-5-1)49-53-50(37-18-6-2-7-19-37)55-51(54-49)38-30-28-35(29-31-38)39-32-33-48-46(34-39)52(43-24-12-10-22-41(43)42-23-11-13-25-44(42)52)45-26-14-15-27-47(45)56(48)40-20-8-3-9-21-40/h1-34H. The maximum Gasteiger partial charge on any atom is 0.164 e. The first-order valence-corrected chi connectivity index (χ1v) is 19.0. The third-order valence-corrected chi connectivity index (χ3v) is 11.3. The van der Waals surface area contributed by atoms with Crippen molar-refractivity contribution in [2.24, 2.45) is 0 Å². The number of para-hydroxylation sites is 2. The Hall–Kier alpha value is -7.43. The van der Waals surface area contributed by atoms with Crippen LogP contribution in [0.4, 0.5) is 17.1 Å². The summed E-state index contributed by atoms with van der Waals surface area (Å²) in [6.45, 7) is 0. The highest BCUT2D eigenvalue weighted by Crippen LogP contribution is 2.63. The number of aromatic nitrogens is 3. The highest BCUT2D eigenvalue weighted by molar-refractivity contribution is 5.96. The Labute approximate surface area is 326 Å². The molecule has 1 spiro atoms. The second-order valence-corrected chi connectivity index (χ2v) is 14.4. The van der Waals surface area contributed by atoms with Crippen LogP contribution in [0.2, 0.25) is 0 Å². The maximum absolute atomic E-state index is 4.98. The molecule has 4 nitrogen and oxygen atoms in total. The Morgan fingerprint density at radius 1 is 0.304 bits per heavy atom. The molecule has 8 aromatic carbocycles. The summed E-state index contributed by atoms with van der Waals surface area (Å²) in [6.07, 6.45) is 0. The SMILES string of the molecule is c1ccc(-c2nc(-c3ccccc3)nc(-c3ccc(-c4ccc5c(c4)C4(c6ccccc6-c6ccccc64)c4ccccc4N5c4ccccc4)cc3)n2)cc1. The lowest BCUT2D eigenvalue weighted by molar-refractivity contribution is 0.753. The molecular weight excluding hydrogens is 681 g/mol. The zero-order valence-electron chi connectivity index (χ0n) is 30.4. The molecule has 11 rings (SSSR count). The van der Waals surface area contributed by atoms with E-state index < -0.39 is 5.41 Å². The summed E-state index contributed by atoms with van der Waals surface area (Å²) in [5.41, 5.74) is 15.8. The van der Waals surface area contributed by atoms with Gasteiger partial charge in [0.1, 0.15) is 0 Å². The van der Waals surface area contributed by atoms with Gasteiger partial charge in [0.2, 0.25) is 0 Å². The van der Waals surface area contributed by atoms with E-state index in [2.05, 4.69) is 150 Å². The summed E-state index contributed by atoms with van der Waals surface area (Å²) in [6, 6.07) is 73.5. The summed E-state index contributed by atoms with van der Waals surface area (Å²) in [5, 5.41) is 0. The lowest BCUT2D eigenvalue weighted by Crippen LogP contribution is -2.36. The average Bonchev–Trinajstić information content (AvgIpc) is 3.58. The van der Waals surface area contributed by atoms with E-state index in [0.29, 0.717) is 17.5 Å². The van der Waals surface area contributed by atoms with Gasteiger partial charge in [0.15, 0.2) is 17.5 Å². The highest BCUT2D eigenvalue weighted by Gasteiger charge is 2.51. The quantitative estimate of drug-likeness (QED) is 0.178. The van der Waals surface area contributed by atoms with Crippen molar-refractivity contribution in [1.29, 1.82) is 0 Å². The zero-order chi connectivity index (χ0) is 37.1. The predicted octanol–water partition coefficient (Wildman–Crippen LogP) is 12.7. The minimum Gasteiger partial charge on any atom is -0.310 e. The van der Waals surface area contributed by atoms with Gasteiger partial charge >= 0.3 is 0 Å². The first-order chi connectivity index (χ1) is 27.8. The van der Waals surface area contributed by atoms with E-state index in [4.69, 9.17) is 15.0 Å². The van der Waals surface area contributed by atoms with Gasteiger partial charge in [-0.1, -0.05) is 176 Å². The van der Waals surface area contributed by atoms with Gasteiger partial charge < -0.3 is 4.90 Å². The Kier molecular flexibility index (Phi) is 7.36. The highest BCUT2D eigenvalue weighted by atomic mass is 15.2. The second kappa shape index (κ2) is 12.9. The normalized spacial score (nSPS) is 13.1. The first-order valence-electron chi connectivity index (χ1n) is 19.0. The lowest BCUT2D eigenvalue weighted by atomic mass is 9.64. The number of fused-ring (bicyclic) bond motifs is 9. The molecule has 9 aromatic rings. The molecule has 2 heterocycles. The molecule has 0 fully saturated rings. The molecule has 1 aliphatic heterocycles. The molecule has 0 amide bonds. The zero-order valence-corrected chi connectivity index (χ0v) is 30.4. The Balaban J connectivity index is 1.09. The number of nitrogens with zero attached hydrogens (tertiary/aromatic N) is 4. The number of rotatable bonds is 5. The third-order valence-electron chi connectivity index (χ3n) is 11.3. The van der Waals surface area contributed by atoms with Gasteiger partial charge in [0.05, 0.1) is 16.8 Å². The van der Waals surface area contributed by atoms with E-state index in [0.717, 1.165) is 33.5 Å². The minimum absolute atomic E-state index is 0.507. The number of anilines is 3. The summed E-state index contributed by atoms with van der Waals surface area (Å²) >= 11 is 0. The van der Waals surface area contributed by atoms with Crippen LogP contribution in [0.25, 0.3) is 56.4 Å². The predicted molar refractivity (Wildman–Crippen MR) is 227 cm³/mol. The molecule has 0 saturated heterocycles. The minimum atomic E-state index is -0.507. The monoisotopic (exact) mass is 714 g/mol. The summed E-state index contributed by atoms with van der Waals surface area (Å²) in [5.74, 6) is 1.95. The van der Waals surface area contributed by atoms with E-state index in [1.807, 2.05) is 60.7 Å². The summed E-state index contributed by atoms with van der Waals surface area (Å²) in [4.78, 5) is 17.3. The van der Waals surface area contributed by atoms with Crippen molar-refractivity contribution in [3.8, 4) is 56.4 Å². The molecule has 2 aliphatic rings. The van der Waals surface area contributed by atoms with Gasteiger partial charge in [-0.2, -0.15) is 0 Å². The van der Waals surface area contributed by atoms with Crippen LogP contribution >= 0.6 is 0 Å². The molecule has 1 aromatic heterocycles. The second-order valence-electron chi connectivity index (χ2n) is 14.4. The van der Waals surface area contributed by atoms with Crippen molar-refractivity contribution >= 4 is 17.1 Å². The summed E-state index contributed by atoms with van der Waals surface area (Å²) in [7, 11) is 0. The van der Waals surface area contributed by atoms with Crippen LogP contribution in [0.5, 0.6) is 0 Å². The molecule has 0 N–H and O–H groups in total. The molecule has 0 bridgehead atoms. The van der Waals surface area contributed by atoms with Crippen LogP contribution in [0.3, 0.4) is 0 Å². The number of benzene rings is 8. The van der Waals surface area contributed by atoms with Gasteiger partial charge in [0, 0.05) is 22.4 Å². The van der Waals surface area contributed by atoms with Crippen molar-refractivity contribution in [3.63, 3.8) is 0 Å². The van der Waals surface area contributed by atoms with Gasteiger partial charge in [0.25, 0.3) is 0 Å². The molecule has 0 saturated carbocycles. The molecule has 1 aliphatic carbocycles. The van der Waals surface area contributed by atoms with Gasteiger partial charge in [-0.05, 0) is 74.8 Å². The van der Waals surface area contributed by atoms with Crippen LogP contribution in [0.15, 0.2) is 206 Å². The summed E-state index contributed by atoms with van der Waals surface area (Å²) < 4.78 is 0. The fourth-order valence-corrected chi connectivity index (χ4v) is 8.89. The molecular formula is C52H34N4. The van der Waals surface area contributed by atoms with Crippen LogP contribution in [0.1, 0.15) is 22.3 Å². The van der Waals surface area contributed by atoms with Crippen molar-refractivity contribution < 1.29 is 0 Å². The van der Waals surface area contributed by atoms with E-state index >= 15 is 0 Å². The van der Waals surface area contributed by atoms with Crippen LogP contribution < -0.4 is 4.90 Å². The Morgan fingerprint density at radius 2 is 0.714 bits per heavy atom. The van der Waals surface area contributed by atoms with Crippen molar-refractivity contribution in [2.45, 2.75) is 5.41 Å². The molecule has 0 atom stereocenters. The van der Waals surface area contributed by atoms with Gasteiger partial charge in [-0.25, -0.2) is 15.0 Å². The lowest BCUT2D eigenvalue weighted by Gasteiger charge is -2.45. The first kappa shape index (κ1) is 32.0. The maximum atomic E-state index is 4.98. The molecule has 262 valence electrons. The fourth-order valence-electron chi connectivity index (χ4n) is 8.89. The number of hydrogen-bond donors (Lipinski definition) is 0. The molecule has 4 heteroatoms. The fraction of sp³-hybridized carbons (Fsp3) is 0.0192. The van der Waals surface area contributed by atoms with Crippen molar-refractivity contribution in [3.05, 3.63) is 229 Å². The molecule has 0 unspecified atom stereocenters. The molecule has 0 radical (unpaired) electrons. The van der Waals surface area contributed by atoms with Gasteiger partial charge in [-0.3, -0.25) is 0 Å². The smallest absolute Gasteiger partial charge is 0.164 e. The number of hydrogen-bond acceptors (Lipinski definition) is 4. The van der Waals surface area contributed by atoms with E-state index in [-0.39, 0.29) is 0 Å².